The molecule has 1 fully saturated rings. The van der Waals surface area contributed by atoms with E-state index < -0.39 is 0 Å². The van der Waals surface area contributed by atoms with Gasteiger partial charge in [-0.1, -0.05) is 0 Å². The summed E-state index contributed by atoms with van der Waals surface area (Å²) in [7, 11) is 0. The number of rotatable bonds is 5. The number of aryl methyl sites for hydroxylation is 2. The molecule has 130 valence electrons. The Kier molecular flexibility index (Phi) is 4.59. The van der Waals surface area contributed by atoms with Crippen LogP contribution in [0.15, 0.2) is 24.1 Å². The van der Waals surface area contributed by atoms with Crippen molar-refractivity contribution in [2.75, 3.05) is 13.1 Å². The summed E-state index contributed by atoms with van der Waals surface area (Å²) in [6, 6.07) is 0. The molecular weight excluding hydrogens is 332 g/mol. The first-order chi connectivity index (χ1) is 12.2. The molecule has 0 saturated carbocycles. The van der Waals surface area contributed by atoms with E-state index in [1.807, 2.05) is 31.0 Å². The van der Waals surface area contributed by atoms with Gasteiger partial charge >= 0.3 is 0 Å². The molecule has 0 aromatic carbocycles. The maximum atomic E-state index is 4.59. The van der Waals surface area contributed by atoms with Crippen LogP contribution < -0.4 is 0 Å². The highest BCUT2D eigenvalue weighted by Crippen LogP contribution is 2.24. The minimum Gasteiger partial charge on any atom is -0.341 e. The van der Waals surface area contributed by atoms with Crippen LogP contribution >= 0.6 is 11.3 Å². The van der Waals surface area contributed by atoms with E-state index in [4.69, 9.17) is 0 Å². The standard InChI is InChI=1S/C18H22N6S/c1-12-6-21-18(23-12)16-8-19-15(7-20-16)5-14-3-4-24(9-14)10-17-13(2)22-11-25-17/h6-8,11,14H,3-5,9-10H2,1-2H3,(H,21,23). The number of aromatic nitrogens is 5. The maximum Gasteiger partial charge on any atom is 0.157 e. The molecule has 7 heteroatoms. The number of aromatic amines is 1. The van der Waals surface area contributed by atoms with E-state index in [1.165, 1.54) is 17.0 Å². The molecule has 25 heavy (non-hydrogen) atoms. The second-order valence-electron chi connectivity index (χ2n) is 6.76. The minimum absolute atomic E-state index is 0.652. The first-order valence-corrected chi connectivity index (χ1v) is 9.49. The van der Waals surface area contributed by atoms with Crippen molar-refractivity contribution in [1.82, 2.24) is 29.8 Å². The van der Waals surface area contributed by atoms with Crippen LogP contribution in [0.5, 0.6) is 0 Å². The highest BCUT2D eigenvalue weighted by molar-refractivity contribution is 7.09. The van der Waals surface area contributed by atoms with E-state index in [1.54, 1.807) is 11.3 Å². The number of likely N-dealkylation sites (tertiary alicyclic amines) is 1. The van der Waals surface area contributed by atoms with Gasteiger partial charge in [0.1, 0.15) is 5.69 Å². The second-order valence-corrected chi connectivity index (χ2v) is 7.70. The van der Waals surface area contributed by atoms with Gasteiger partial charge < -0.3 is 4.98 Å². The van der Waals surface area contributed by atoms with Crippen LogP contribution in [-0.4, -0.2) is 42.9 Å². The molecule has 1 N–H and O–H groups in total. The molecule has 1 aliphatic heterocycles. The predicted octanol–water partition coefficient (Wildman–Crippen LogP) is 3.00. The number of hydrogen-bond acceptors (Lipinski definition) is 6. The van der Waals surface area contributed by atoms with Gasteiger partial charge in [-0.2, -0.15) is 0 Å². The quantitative estimate of drug-likeness (QED) is 0.763. The van der Waals surface area contributed by atoms with Crippen LogP contribution in [0, 0.1) is 19.8 Å². The highest BCUT2D eigenvalue weighted by atomic mass is 32.1. The summed E-state index contributed by atoms with van der Waals surface area (Å²) in [5, 5.41) is 0. The van der Waals surface area contributed by atoms with Gasteiger partial charge in [0.15, 0.2) is 5.82 Å². The number of nitrogens with zero attached hydrogens (tertiary/aromatic N) is 5. The summed E-state index contributed by atoms with van der Waals surface area (Å²) < 4.78 is 0. The molecule has 0 spiro atoms. The summed E-state index contributed by atoms with van der Waals surface area (Å²) in [5.74, 6) is 1.43. The van der Waals surface area contributed by atoms with Crippen LogP contribution in [0.25, 0.3) is 11.5 Å². The zero-order chi connectivity index (χ0) is 17.2. The van der Waals surface area contributed by atoms with Crippen LogP contribution in [-0.2, 0) is 13.0 Å². The van der Waals surface area contributed by atoms with Gasteiger partial charge in [0, 0.05) is 36.1 Å². The summed E-state index contributed by atoms with van der Waals surface area (Å²) in [5.41, 5.74) is 6.00. The molecular formula is C18H22N6S. The van der Waals surface area contributed by atoms with Gasteiger partial charge in [0.25, 0.3) is 0 Å². The zero-order valence-electron chi connectivity index (χ0n) is 14.6. The Bertz CT molecular complexity index is 837. The molecule has 0 radical (unpaired) electrons. The van der Waals surface area contributed by atoms with Crippen molar-refractivity contribution < 1.29 is 0 Å². The summed E-state index contributed by atoms with van der Waals surface area (Å²) in [6.45, 7) is 7.38. The highest BCUT2D eigenvalue weighted by Gasteiger charge is 2.24. The van der Waals surface area contributed by atoms with Gasteiger partial charge in [0.2, 0.25) is 0 Å². The van der Waals surface area contributed by atoms with E-state index in [0.29, 0.717) is 5.92 Å². The Labute approximate surface area is 151 Å². The van der Waals surface area contributed by atoms with Gasteiger partial charge in [-0.25, -0.2) is 15.0 Å². The van der Waals surface area contributed by atoms with Crippen molar-refractivity contribution in [3.63, 3.8) is 0 Å². The Morgan fingerprint density at radius 2 is 2.08 bits per heavy atom. The Morgan fingerprint density at radius 1 is 1.16 bits per heavy atom. The third-order valence-corrected chi connectivity index (χ3v) is 5.65. The number of thiazole rings is 1. The third-order valence-electron chi connectivity index (χ3n) is 4.73. The minimum atomic E-state index is 0.652. The third kappa shape index (κ3) is 3.77. The maximum absolute atomic E-state index is 4.59. The predicted molar refractivity (Wildman–Crippen MR) is 98.3 cm³/mol. The van der Waals surface area contributed by atoms with Crippen LogP contribution in [0.2, 0.25) is 0 Å². The van der Waals surface area contributed by atoms with Crippen molar-refractivity contribution in [2.24, 2.45) is 5.92 Å². The molecule has 6 nitrogen and oxygen atoms in total. The molecule has 0 aliphatic carbocycles. The van der Waals surface area contributed by atoms with E-state index in [-0.39, 0.29) is 0 Å². The fourth-order valence-corrected chi connectivity index (χ4v) is 4.14. The Balaban J connectivity index is 1.34. The molecule has 0 amide bonds. The zero-order valence-corrected chi connectivity index (χ0v) is 15.4. The van der Waals surface area contributed by atoms with Gasteiger partial charge in [-0.15, -0.1) is 11.3 Å². The smallest absolute Gasteiger partial charge is 0.157 e. The molecule has 3 aromatic rings. The molecule has 0 bridgehead atoms. The first kappa shape index (κ1) is 16.4. The van der Waals surface area contributed by atoms with Crippen molar-refractivity contribution in [3.8, 4) is 11.5 Å². The number of hydrogen-bond donors (Lipinski definition) is 1. The normalized spacial score (nSPS) is 18.1. The largest absolute Gasteiger partial charge is 0.341 e. The van der Waals surface area contributed by atoms with Gasteiger partial charge in [-0.3, -0.25) is 9.88 Å². The SMILES string of the molecule is Cc1cnc(-c2cnc(CC3CCN(Cc4scnc4C)C3)cn2)[nH]1. The van der Waals surface area contributed by atoms with Crippen molar-refractivity contribution in [1.29, 1.82) is 0 Å². The lowest BCUT2D eigenvalue weighted by Gasteiger charge is -2.15. The lowest BCUT2D eigenvalue weighted by atomic mass is 10.0. The molecule has 1 unspecified atom stereocenters. The van der Waals surface area contributed by atoms with Crippen molar-refractivity contribution in [2.45, 2.75) is 33.2 Å². The second kappa shape index (κ2) is 7.01. The van der Waals surface area contributed by atoms with Gasteiger partial charge in [0.05, 0.1) is 23.1 Å². The van der Waals surface area contributed by atoms with E-state index >= 15 is 0 Å². The molecule has 1 aliphatic rings. The fourth-order valence-electron chi connectivity index (χ4n) is 3.33. The average molecular weight is 354 g/mol. The van der Waals surface area contributed by atoms with E-state index in [0.717, 1.165) is 49.0 Å². The van der Waals surface area contributed by atoms with Crippen molar-refractivity contribution >= 4 is 11.3 Å². The topological polar surface area (TPSA) is 70.6 Å². The molecule has 1 atom stereocenters. The lowest BCUT2D eigenvalue weighted by Crippen LogP contribution is -2.20. The van der Waals surface area contributed by atoms with Crippen molar-refractivity contribution in [3.05, 3.63) is 46.1 Å². The number of imidazole rings is 1. The van der Waals surface area contributed by atoms with E-state index in [2.05, 4.69) is 36.7 Å². The van der Waals surface area contributed by atoms with Crippen LogP contribution in [0.4, 0.5) is 0 Å². The summed E-state index contributed by atoms with van der Waals surface area (Å²) in [6.07, 6.45) is 7.73. The van der Waals surface area contributed by atoms with Crippen LogP contribution in [0.1, 0.15) is 28.4 Å². The number of H-pyrrole nitrogens is 1. The fraction of sp³-hybridized carbons (Fsp3) is 0.444. The average Bonchev–Trinajstić information content (AvgIpc) is 3.32. The Hall–Kier alpha value is -2.12. The first-order valence-electron chi connectivity index (χ1n) is 8.61. The number of nitrogens with one attached hydrogen (secondary N) is 1. The van der Waals surface area contributed by atoms with E-state index in [9.17, 15) is 0 Å². The molecule has 4 rings (SSSR count). The van der Waals surface area contributed by atoms with Crippen LogP contribution in [0.3, 0.4) is 0 Å². The molecule has 1 saturated heterocycles. The Morgan fingerprint density at radius 3 is 2.76 bits per heavy atom. The molecule has 3 aromatic heterocycles. The summed E-state index contributed by atoms with van der Waals surface area (Å²) >= 11 is 1.76. The summed E-state index contributed by atoms with van der Waals surface area (Å²) in [4.78, 5) is 24.9. The molecule has 4 heterocycles. The lowest BCUT2D eigenvalue weighted by molar-refractivity contribution is 0.318. The van der Waals surface area contributed by atoms with Gasteiger partial charge in [-0.05, 0) is 39.2 Å². The monoisotopic (exact) mass is 354 g/mol.